The molecular formula is C19H27N3O3. The predicted octanol–water partition coefficient (Wildman–Crippen LogP) is 1.19. The predicted molar refractivity (Wildman–Crippen MR) is 95.0 cm³/mol. The number of likely N-dealkylation sites (N-methyl/N-ethyl adjacent to an activating group) is 1. The maximum Gasteiger partial charge on any atom is 0.254 e. The van der Waals surface area contributed by atoms with Gasteiger partial charge < -0.3 is 15.0 Å². The largest absolute Gasteiger partial charge is 0.356 e. The zero-order valence-corrected chi connectivity index (χ0v) is 15.2. The van der Waals surface area contributed by atoms with E-state index in [9.17, 15) is 9.59 Å². The van der Waals surface area contributed by atoms with Crippen molar-refractivity contribution in [3.05, 3.63) is 35.9 Å². The van der Waals surface area contributed by atoms with Crippen LogP contribution in [-0.2, 0) is 14.3 Å². The van der Waals surface area contributed by atoms with Crippen LogP contribution in [0.2, 0.25) is 0 Å². The van der Waals surface area contributed by atoms with E-state index in [0.717, 1.165) is 18.7 Å². The molecule has 2 fully saturated rings. The van der Waals surface area contributed by atoms with Crippen molar-refractivity contribution in [1.82, 2.24) is 15.1 Å². The minimum Gasteiger partial charge on any atom is -0.356 e. The lowest BCUT2D eigenvalue weighted by Crippen LogP contribution is -2.63. The topological polar surface area (TPSA) is 61.9 Å². The lowest BCUT2D eigenvalue weighted by Gasteiger charge is -2.48. The summed E-state index contributed by atoms with van der Waals surface area (Å²) in [6.45, 7) is 9.56. The molecule has 3 rings (SSSR count). The summed E-state index contributed by atoms with van der Waals surface area (Å²) >= 11 is 0. The Morgan fingerprint density at radius 3 is 2.64 bits per heavy atom. The molecule has 0 aromatic heterocycles. The minimum atomic E-state index is -0.677. The number of hydrogen-bond donors (Lipinski definition) is 1. The van der Waals surface area contributed by atoms with E-state index >= 15 is 0 Å². The first-order valence-corrected chi connectivity index (χ1v) is 8.92. The quantitative estimate of drug-likeness (QED) is 0.894. The number of morpholine rings is 1. The molecule has 0 radical (unpaired) electrons. The van der Waals surface area contributed by atoms with Gasteiger partial charge in [0.1, 0.15) is 6.61 Å². The first kappa shape index (κ1) is 17.9. The Balaban J connectivity index is 1.79. The van der Waals surface area contributed by atoms with E-state index in [-0.39, 0.29) is 24.0 Å². The van der Waals surface area contributed by atoms with Crippen LogP contribution in [0.5, 0.6) is 0 Å². The Morgan fingerprint density at radius 1 is 1.28 bits per heavy atom. The van der Waals surface area contributed by atoms with Crippen LogP contribution in [0.3, 0.4) is 0 Å². The van der Waals surface area contributed by atoms with Gasteiger partial charge in [-0.1, -0.05) is 37.3 Å². The Kier molecular flexibility index (Phi) is 5.11. The molecule has 0 aliphatic carbocycles. The number of rotatable bonds is 3. The van der Waals surface area contributed by atoms with Crippen molar-refractivity contribution < 1.29 is 14.3 Å². The molecule has 1 aromatic rings. The molecule has 136 valence electrons. The monoisotopic (exact) mass is 345 g/mol. The lowest BCUT2D eigenvalue weighted by molar-refractivity contribution is -0.158. The van der Waals surface area contributed by atoms with E-state index in [4.69, 9.17) is 4.74 Å². The van der Waals surface area contributed by atoms with E-state index in [1.807, 2.05) is 35.2 Å². The van der Waals surface area contributed by atoms with Crippen LogP contribution in [-0.4, -0.2) is 66.0 Å². The molecule has 0 saturated carbocycles. The van der Waals surface area contributed by atoms with E-state index < -0.39 is 12.1 Å². The Bertz CT molecular complexity index is 632. The van der Waals surface area contributed by atoms with Crippen LogP contribution in [0, 0.1) is 0 Å². The van der Waals surface area contributed by atoms with Crippen molar-refractivity contribution >= 4 is 11.8 Å². The maximum atomic E-state index is 13.2. The van der Waals surface area contributed by atoms with Crippen LogP contribution in [0.15, 0.2) is 30.3 Å². The van der Waals surface area contributed by atoms with Crippen molar-refractivity contribution in [1.29, 1.82) is 0 Å². The van der Waals surface area contributed by atoms with Gasteiger partial charge in [0.15, 0.2) is 6.10 Å². The molecule has 1 aromatic carbocycles. The van der Waals surface area contributed by atoms with E-state index in [0.29, 0.717) is 13.1 Å². The SMILES string of the molecule is CCN1CCN(C(=O)C2OCC(=O)NC2c2ccccc2)CC1(C)C. The minimum absolute atomic E-state index is 0.0438. The summed E-state index contributed by atoms with van der Waals surface area (Å²) in [7, 11) is 0. The molecule has 2 amide bonds. The Morgan fingerprint density at radius 2 is 2.00 bits per heavy atom. The van der Waals surface area contributed by atoms with Crippen molar-refractivity contribution in [2.45, 2.75) is 38.5 Å². The van der Waals surface area contributed by atoms with Gasteiger partial charge in [-0.3, -0.25) is 14.5 Å². The molecule has 2 atom stereocenters. The highest BCUT2D eigenvalue weighted by molar-refractivity contribution is 5.86. The zero-order valence-electron chi connectivity index (χ0n) is 15.2. The van der Waals surface area contributed by atoms with Crippen LogP contribution in [0.25, 0.3) is 0 Å². The molecule has 6 heteroatoms. The van der Waals surface area contributed by atoms with Gasteiger partial charge in [-0.2, -0.15) is 0 Å². The van der Waals surface area contributed by atoms with Crippen molar-refractivity contribution in [2.24, 2.45) is 0 Å². The molecule has 2 unspecified atom stereocenters. The molecule has 0 spiro atoms. The van der Waals surface area contributed by atoms with E-state index in [1.165, 1.54) is 0 Å². The van der Waals surface area contributed by atoms with Crippen molar-refractivity contribution in [3.8, 4) is 0 Å². The average Bonchev–Trinajstić information content (AvgIpc) is 2.61. The van der Waals surface area contributed by atoms with E-state index in [2.05, 4.69) is 31.0 Å². The summed E-state index contributed by atoms with van der Waals surface area (Å²) in [4.78, 5) is 29.2. The molecule has 2 saturated heterocycles. The van der Waals surface area contributed by atoms with Gasteiger partial charge in [0.05, 0.1) is 6.04 Å². The number of piperazine rings is 1. The third kappa shape index (κ3) is 3.70. The number of amides is 2. The van der Waals surface area contributed by atoms with Crippen LogP contribution in [0.1, 0.15) is 32.4 Å². The molecule has 2 aliphatic heterocycles. The number of carbonyl (C=O) groups excluding carboxylic acids is 2. The second-order valence-corrected chi connectivity index (χ2v) is 7.34. The van der Waals surface area contributed by atoms with Gasteiger partial charge in [-0.05, 0) is 26.0 Å². The molecule has 1 N–H and O–H groups in total. The third-order valence-electron chi connectivity index (χ3n) is 5.18. The Hall–Kier alpha value is -1.92. The van der Waals surface area contributed by atoms with Gasteiger partial charge in [-0.15, -0.1) is 0 Å². The number of nitrogens with zero attached hydrogens (tertiary/aromatic N) is 2. The molecule has 2 heterocycles. The Labute approximate surface area is 149 Å². The first-order valence-electron chi connectivity index (χ1n) is 8.92. The van der Waals surface area contributed by atoms with Crippen LogP contribution in [0.4, 0.5) is 0 Å². The normalized spacial score (nSPS) is 27.0. The maximum absolute atomic E-state index is 13.2. The molecular weight excluding hydrogens is 318 g/mol. The lowest BCUT2D eigenvalue weighted by atomic mass is 9.95. The van der Waals surface area contributed by atoms with Gasteiger partial charge >= 0.3 is 0 Å². The van der Waals surface area contributed by atoms with Gasteiger partial charge in [0, 0.05) is 25.2 Å². The summed E-state index contributed by atoms with van der Waals surface area (Å²) in [5, 5.41) is 2.92. The van der Waals surface area contributed by atoms with E-state index in [1.54, 1.807) is 0 Å². The van der Waals surface area contributed by atoms with Gasteiger partial charge in [0.25, 0.3) is 5.91 Å². The number of carbonyl (C=O) groups is 2. The van der Waals surface area contributed by atoms with Gasteiger partial charge in [-0.25, -0.2) is 0 Å². The number of ether oxygens (including phenoxy) is 1. The molecule has 2 aliphatic rings. The number of nitrogens with one attached hydrogen (secondary N) is 1. The second-order valence-electron chi connectivity index (χ2n) is 7.34. The molecule has 25 heavy (non-hydrogen) atoms. The number of hydrogen-bond acceptors (Lipinski definition) is 4. The summed E-state index contributed by atoms with van der Waals surface area (Å²) in [5.41, 5.74) is 0.823. The van der Waals surface area contributed by atoms with Crippen LogP contribution >= 0.6 is 0 Å². The average molecular weight is 345 g/mol. The third-order valence-corrected chi connectivity index (χ3v) is 5.18. The number of benzene rings is 1. The highest BCUT2D eigenvalue weighted by Gasteiger charge is 2.42. The highest BCUT2D eigenvalue weighted by Crippen LogP contribution is 2.27. The summed E-state index contributed by atoms with van der Waals surface area (Å²) < 4.78 is 5.68. The van der Waals surface area contributed by atoms with Crippen LogP contribution < -0.4 is 5.32 Å². The zero-order chi connectivity index (χ0) is 18.0. The standard InChI is InChI=1S/C19H27N3O3/c1-4-22-11-10-21(13-19(22,2)3)18(24)17-16(20-15(23)12-25-17)14-8-6-5-7-9-14/h5-9,16-17H,4,10-13H2,1-3H3,(H,20,23). The fourth-order valence-corrected chi connectivity index (χ4v) is 3.83. The first-order chi connectivity index (χ1) is 11.9. The van der Waals surface area contributed by atoms with Crippen molar-refractivity contribution in [3.63, 3.8) is 0 Å². The highest BCUT2D eigenvalue weighted by atomic mass is 16.5. The fourth-order valence-electron chi connectivity index (χ4n) is 3.83. The summed E-state index contributed by atoms with van der Waals surface area (Å²) in [6.07, 6.45) is -0.677. The summed E-state index contributed by atoms with van der Waals surface area (Å²) in [5.74, 6) is -0.230. The van der Waals surface area contributed by atoms with Crippen molar-refractivity contribution in [2.75, 3.05) is 32.8 Å². The molecule has 6 nitrogen and oxygen atoms in total. The summed E-state index contributed by atoms with van der Waals surface area (Å²) in [6, 6.07) is 9.11. The smallest absolute Gasteiger partial charge is 0.254 e. The fraction of sp³-hybridized carbons (Fsp3) is 0.579. The second kappa shape index (κ2) is 7.14. The van der Waals surface area contributed by atoms with Gasteiger partial charge in [0.2, 0.25) is 5.91 Å². The molecule has 0 bridgehead atoms.